The minimum atomic E-state index is -1.60. The van der Waals surface area contributed by atoms with Gasteiger partial charge in [-0.3, -0.25) is 24.3 Å². The van der Waals surface area contributed by atoms with Gasteiger partial charge in [0.2, 0.25) is 17.2 Å². The molecule has 1 aliphatic carbocycles. The third-order valence-corrected chi connectivity index (χ3v) is 7.30. The van der Waals surface area contributed by atoms with E-state index in [-0.39, 0.29) is 40.4 Å². The van der Waals surface area contributed by atoms with Gasteiger partial charge in [0, 0.05) is 31.4 Å². The van der Waals surface area contributed by atoms with Crippen LogP contribution in [0.25, 0.3) is 16.7 Å². The number of fused-ring (bicyclic) bond motifs is 2. The Bertz CT molecular complexity index is 1610. The molecule has 1 saturated heterocycles. The molecule has 2 aliphatic rings. The fraction of sp³-hybridized carbons (Fsp3) is 0.346. The predicted octanol–water partition coefficient (Wildman–Crippen LogP) is 0.904. The number of halogens is 3. The van der Waals surface area contributed by atoms with Gasteiger partial charge in [-0.05, 0) is 43.9 Å². The normalized spacial score (nSPS) is 21.1. The Labute approximate surface area is 224 Å². The number of imide groups is 1. The van der Waals surface area contributed by atoms with Crippen LogP contribution in [-0.2, 0) is 9.59 Å². The van der Waals surface area contributed by atoms with E-state index in [2.05, 4.69) is 15.6 Å². The zero-order valence-corrected chi connectivity index (χ0v) is 21.3. The molecular formula is C26H25F3N6O5. The topological polar surface area (TPSA) is 160 Å². The molecule has 40 heavy (non-hydrogen) atoms. The summed E-state index contributed by atoms with van der Waals surface area (Å²) in [6.45, 7) is 3.78. The molecule has 1 saturated carbocycles. The number of aromatic carboxylic acids is 1. The van der Waals surface area contributed by atoms with E-state index >= 15 is 4.39 Å². The number of nitrogens with one attached hydrogen (secondary N) is 2. The lowest BCUT2D eigenvalue weighted by Crippen LogP contribution is -2.50. The van der Waals surface area contributed by atoms with E-state index < -0.39 is 58.3 Å². The van der Waals surface area contributed by atoms with Crippen molar-refractivity contribution in [3.63, 3.8) is 0 Å². The quantitative estimate of drug-likeness (QED) is 0.331. The molecule has 3 heterocycles. The highest BCUT2D eigenvalue weighted by atomic mass is 19.1. The number of carboxylic acid groups (broad SMARTS) is 1. The van der Waals surface area contributed by atoms with Crippen molar-refractivity contribution in [1.82, 2.24) is 20.2 Å². The summed E-state index contributed by atoms with van der Waals surface area (Å²) in [5.74, 6) is -5.51. The molecule has 0 radical (unpaired) electrons. The third kappa shape index (κ3) is 4.79. The first kappa shape index (κ1) is 27.3. The van der Waals surface area contributed by atoms with Crippen LogP contribution in [0.3, 0.4) is 0 Å². The molecule has 2 amide bonds. The van der Waals surface area contributed by atoms with Crippen LogP contribution in [0.4, 0.5) is 19.0 Å². The fourth-order valence-electron chi connectivity index (χ4n) is 5.10. The number of carbonyl (C=O) groups excluding carboxylic acids is 2. The number of pyridine rings is 2. The van der Waals surface area contributed by atoms with Crippen molar-refractivity contribution in [2.45, 2.75) is 32.0 Å². The van der Waals surface area contributed by atoms with Crippen molar-refractivity contribution in [2.75, 3.05) is 18.0 Å². The number of benzene rings is 1. The van der Waals surface area contributed by atoms with Crippen LogP contribution < -0.4 is 26.7 Å². The Balaban J connectivity index is 1.42. The number of amides is 2. The molecule has 4 unspecified atom stereocenters. The van der Waals surface area contributed by atoms with E-state index in [4.69, 9.17) is 5.73 Å². The molecule has 5 rings (SSSR count). The number of nitrogens with zero attached hydrogens (tertiary/aromatic N) is 3. The molecular weight excluding hydrogens is 533 g/mol. The van der Waals surface area contributed by atoms with Gasteiger partial charge < -0.3 is 21.1 Å². The summed E-state index contributed by atoms with van der Waals surface area (Å²) in [4.78, 5) is 54.4. The number of hydrogen-bond acceptors (Lipinski definition) is 8. The van der Waals surface area contributed by atoms with E-state index in [1.165, 1.54) is 6.92 Å². The Morgan fingerprint density at radius 3 is 2.35 bits per heavy atom. The van der Waals surface area contributed by atoms with Crippen LogP contribution in [0.5, 0.6) is 0 Å². The Morgan fingerprint density at radius 1 is 1.07 bits per heavy atom. The third-order valence-electron chi connectivity index (χ3n) is 7.30. The average Bonchev–Trinajstić information content (AvgIpc) is 3.31. The van der Waals surface area contributed by atoms with Gasteiger partial charge in [0.1, 0.15) is 17.2 Å². The van der Waals surface area contributed by atoms with Crippen LogP contribution in [0, 0.1) is 29.3 Å². The second kappa shape index (κ2) is 10.0. The Hall–Kier alpha value is -4.30. The van der Waals surface area contributed by atoms with Crippen molar-refractivity contribution in [2.24, 2.45) is 17.6 Å². The first-order valence-electron chi connectivity index (χ1n) is 12.4. The highest BCUT2D eigenvalue weighted by molar-refractivity contribution is 5.99. The van der Waals surface area contributed by atoms with E-state index in [9.17, 15) is 33.1 Å². The zero-order valence-electron chi connectivity index (χ0n) is 21.3. The molecule has 2 aromatic heterocycles. The van der Waals surface area contributed by atoms with E-state index in [0.29, 0.717) is 19.2 Å². The lowest BCUT2D eigenvalue weighted by Gasteiger charge is -2.24. The van der Waals surface area contributed by atoms with Gasteiger partial charge in [-0.1, -0.05) is 0 Å². The molecule has 5 N–H and O–H groups in total. The van der Waals surface area contributed by atoms with Gasteiger partial charge in [0.15, 0.2) is 17.3 Å². The van der Waals surface area contributed by atoms with Gasteiger partial charge in [0.05, 0.1) is 23.2 Å². The maximum atomic E-state index is 15.3. The van der Waals surface area contributed by atoms with Gasteiger partial charge >= 0.3 is 5.97 Å². The monoisotopic (exact) mass is 558 g/mol. The molecule has 210 valence electrons. The maximum absolute atomic E-state index is 15.3. The summed E-state index contributed by atoms with van der Waals surface area (Å²) >= 11 is 0. The van der Waals surface area contributed by atoms with Crippen LogP contribution in [-0.4, -0.2) is 63.7 Å². The maximum Gasteiger partial charge on any atom is 0.341 e. The number of piperidine rings is 1. The minimum Gasteiger partial charge on any atom is -0.477 e. The summed E-state index contributed by atoms with van der Waals surface area (Å²) < 4.78 is 44.5. The van der Waals surface area contributed by atoms with Crippen LogP contribution in [0.1, 0.15) is 24.2 Å². The Morgan fingerprint density at radius 2 is 1.75 bits per heavy atom. The van der Waals surface area contributed by atoms with E-state index in [0.717, 1.165) is 29.0 Å². The molecule has 3 aromatic rings. The van der Waals surface area contributed by atoms with Crippen LogP contribution in [0.2, 0.25) is 0 Å². The number of hydrogen-bond donors (Lipinski definition) is 4. The van der Waals surface area contributed by atoms with E-state index in [1.54, 1.807) is 11.8 Å². The van der Waals surface area contributed by atoms with Crippen molar-refractivity contribution < 1.29 is 32.7 Å². The van der Waals surface area contributed by atoms with Crippen molar-refractivity contribution in [3.05, 3.63) is 63.7 Å². The number of carbonyl (C=O) groups is 3. The SMILES string of the molecule is CC(N)C(=O)NC(=O)C(C)NC1C2CN(c3nc4c(cc3F)c(=O)c(C(=O)O)cn4-c3ccc(F)cc3F)CC21. The first-order valence-corrected chi connectivity index (χ1v) is 12.4. The highest BCUT2D eigenvalue weighted by Gasteiger charge is 2.56. The van der Waals surface area contributed by atoms with Crippen LogP contribution in [0.15, 0.2) is 35.3 Å². The summed E-state index contributed by atoms with van der Waals surface area (Å²) in [5.41, 5.74) is 3.26. The Kier molecular flexibility index (Phi) is 6.84. The second-order valence-electron chi connectivity index (χ2n) is 10.1. The zero-order chi connectivity index (χ0) is 29.0. The van der Waals surface area contributed by atoms with E-state index in [1.807, 2.05) is 0 Å². The van der Waals surface area contributed by atoms with Crippen molar-refractivity contribution >= 4 is 34.6 Å². The molecule has 1 aliphatic heterocycles. The minimum absolute atomic E-state index is 0.0439. The lowest BCUT2D eigenvalue weighted by molar-refractivity contribution is -0.132. The number of carboxylic acids is 1. The smallest absolute Gasteiger partial charge is 0.341 e. The molecule has 0 bridgehead atoms. The lowest BCUT2D eigenvalue weighted by atomic mass is 10.1. The predicted molar refractivity (Wildman–Crippen MR) is 137 cm³/mol. The van der Waals surface area contributed by atoms with Gasteiger partial charge in [-0.25, -0.2) is 22.9 Å². The van der Waals surface area contributed by atoms with Crippen LogP contribution >= 0.6 is 0 Å². The first-order chi connectivity index (χ1) is 18.9. The largest absolute Gasteiger partial charge is 0.477 e. The van der Waals surface area contributed by atoms with Gasteiger partial charge in [-0.15, -0.1) is 0 Å². The summed E-state index contributed by atoms with van der Waals surface area (Å²) in [5, 5.41) is 14.5. The number of aromatic nitrogens is 2. The number of anilines is 1. The fourth-order valence-corrected chi connectivity index (χ4v) is 5.10. The van der Waals surface area contributed by atoms with Gasteiger partial charge in [-0.2, -0.15) is 0 Å². The van der Waals surface area contributed by atoms with Gasteiger partial charge in [0.25, 0.3) is 0 Å². The van der Waals surface area contributed by atoms with Crippen molar-refractivity contribution in [1.29, 1.82) is 0 Å². The molecule has 4 atom stereocenters. The molecule has 1 aromatic carbocycles. The summed E-state index contributed by atoms with van der Waals surface area (Å²) in [6, 6.07) is 1.92. The molecule has 14 heteroatoms. The standard InChI is InChI=1S/C26H25F3N6O5/c1-10(30)24(37)33-25(38)11(2)31-20-14-7-34(8-15(14)20)23-18(29)6-13-21(36)16(26(39)40)9-35(22(13)32-23)19-4-3-12(27)5-17(19)28/h3-6,9-11,14-15,20,31H,7-8,30H2,1-2H3,(H,39,40)(H,33,37,38). The molecule has 0 spiro atoms. The van der Waals surface area contributed by atoms with Crippen molar-refractivity contribution in [3.8, 4) is 5.69 Å². The highest BCUT2D eigenvalue weighted by Crippen LogP contribution is 2.47. The molecule has 2 fully saturated rings. The average molecular weight is 559 g/mol. The number of rotatable bonds is 7. The number of nitrogens with two attached hydrogens (primary N) is 1. The summed E-state index contributed by atoms with van der Waals surface area (Å²) in [7, 11) is 0. The second-order valence-corrected chi connectivity index (χ2v) is 10.1. The summed E-state index contributed by atoms with van der Waals surface area (Å²) in [6.07, 6.45) is 0.877. The molecule has 11 nitrogen and oxygen atoms in total.